The molecule has 180 valence electrons. The minimum Gasteiger partial charge on any atom is -0.376 e. The molecule has 1 amide bonds. The fourth-order valence-electron chi connectivity index (χ4n) is 4.72. The second-order valence-electron chi connectivity index (χ2n) is 8.89. The summed E-state index contributed by atoms with van der Waals surface area (Å²) in [5.74, 6) is 0.473. The summed E-state index contributed by atoms with van der Waals surface area (Å²) in [6.07, 6.45) is 5.38. The van der Waals surface area contributed by atoms with Crippen molar-refractivity contribution in [2.45, 2.75) is 32.8 Å². The first-order chi connectivity index (χ1) is 16.5. The summed E-state index contributed by atoms with van der Waals surface area (Å²) in [5.41, 5.74) is 1.84. The molecule has 3 fully saturated rings. The molecule has 0 unspecified atom stereocenters. The summed E-state index contributed by atoms with van der Waals surface area (Å²) in [7, 11) is 0. The number of amides is 1. The quantitative estimate of drug-likeness (QED) is 0.459. The van der Waals surface area contributed by atoms with Gasteiger partial charge in [-0.15, -0.1) is 0 Å². The van der Waals surface area contributed by atoms with Crippen molar-refractivity contribution in [3.05, 3.63) is 44.7 Å². The van der Waals surface area contributed by atoms with Crippen LogP contribution in [0, 0.1) is 6.92 Å². The van der Waals surface area contributed by atoms with Crippen LogP contribution in [0.15, 0.2) is 28.0 Å². The number of nitrogens with zero attached hydrogens (tertiary/aromatic N) is 5. The van der Waals surface area contributed by atoms with Crippen molar-refractivity contribution in [2.24, 2.45) is 0 Å². The van der Waals surface area contributed by atoms with Gasteiger partial charge in [0.1, 0.15) is 15.8 Å². The van der Waals surface area contributed by atoms with Crippen molar-refractivity contribution in [3.63, 3.8) is 0 Å². The standard InChI is InChI=1S/C24H29N5O3S2/c1-3-26-9-11-27(12-10-26)21-18(22(30)28-8-4-6-16(2)20(28)25-21)14-19-23(31)29(24(33)34-19)15-17-7-5-13-32-17/h4,6,8,14,17H,3,5,7,9-13,15H2,1-2H3/b19-14+/t17-/m0/s1. The molecule has 0 aliphatic carbocycles. The normalized spacial score (nSPS) is 23.1. The molecule has 3 aliphatic heterocycles. The molecule has 0 spiro atoms. The van der Waals surface area contributed by atoms with Crippen LogP contribution in [0.25, 0.3) is 11.7 Å². The van der Waals surface area contributed by atoms with Crippen LogP contribution in [-0.2, 0) is 9.53 Å². The highest BCUT2D eigenvalue weighted by Crippen LogP contribution is 2.34. The van der Waals surface area contributed by atoms with Crippen LogP contribution in [-0.4, -0.2) is 81.4 Å². The first-order valence-corrected chi connectivity index (χ1v) is 13.0. The van der Waals surface area contributed by atoms with Gasteiger partial charge in [0, 0.05) is 39.0 Å². The number of pyridine rings is 1. The van der Waals surface area contributed by atoms with E-state index in [1.165, 1.54) is 11.8 Å². The van der Waals surface area contributed by atoms with E-state index in [9.17, 15) is 9.59 Å². The Kier molecular flexibility index (Phi) is 6.74. The van der Waals surface area contributed by atoms with Gasteiger partial charge in [0.25, 0.3) is 11.5 Å². The average molecular weight is 500 g/mol. The number of fused-ring (bicyclic) bond motifs is 1. The Morgan fingerprint density at radius 1 is 1.26 bits per heavy atom. The highest BCUT2D eigenvalue weighted by molar-refractivity contribution is 8.26. The second kappa shape index (κ2) is 9.77. The van der Waals surface area contributed by atoms with E-state index in [1.54, 1.807) is 21.6 Å². The van der Waals surface area contributed by atoms with E-state index >= 15 is 0 Å². The van der Waals surface area contributed by atoms with Gasteiger partial charge in [-0.3, -0.25) is 18.9 Å². The molecule has 0 radical (unpaired) electrons. The lowest BCUT2D eigenvalue weighted by atomic mass is 10.2. The first-order valence-electron chi connectivity index (χ1n) is 11.8. The number of likely N-dealkylation sites (N-methyl/N-ethyl adjacent to an activating group) is 1. The monoisotopic (exact) mass is 499 g/mol. The minimum atomic E-state index is -0.175. The molecular weight excluding hydrogens is 470 g/mol. The number of thiocarbonyl (C=S) groups is 1. The van der Waals surface area contributed by atoms with Gasteiger partial charge in [-0.05, 0) is 44.0 Å². The molecule has 2 aromatic rings. The molecule has 5 rings (SSSR count). The number of thioether (sulfide) groups is 1. The highest BCUT2D eigenvalue weighted by atomic mass is 32.2. The third kappa shape index (κ3) is 4.39. The van der Waals surface area contributed by atoms with Gasteiger partial charge in [-0.25, -0.2) is 4.98 Å². The number of rotatable bonds is 5. The largest absolute Gasteiger partial charge is 0.376 e. The number of anilines is 1. The Labute approximate surface area is 208 Å². The second-order valence-corrected chi connectivity index (χ2v) is 10.6. The number of carbonyl (C=O) groups excluding carboxylic acids is 1. The van der Waals surface area contributed by atoms with Crippen LogP contribution in [0.2, 0.25) is 0 Å². The van der Waals surface area contributed by atoms with Crippen molar-refractivity contribution >= 4 is 51.7 Å². The van der Waals surface area contributed by atoms with E-state index in [0.29, 0.717) is 32.8 Å². The predicted molar refractivity (Wildman–Crippen MR) is 139 cm³/mol. The highest BCUT2D eigenvalue weighted by Gasteiger charge is 2.35. The molecule has 3 aliphatic rings. The van der Waals surface area contributed by atoms with E-state index in [0.717, 1.165) is 57.7 Å². The molecule has 0 saturated carbocycles. The van der Waals surface area contributed by atoms with Gasteiger partial charge in [0.05, 0.1) is 23.1 Å². The third-order valence-corrected chi connectivity index (χ3v) is 8.12. The molecule has 5 heterocycles. The summed E-state index contributed by atoms with van der Waals surface area (Å²) < 4.78 is 7.78. The molecular formula is C24H29N5O3S2. The van der Waals surface area contributed by atoms with Gasteiger partial charge < -0.3 is 14.5 Å². The van der Waals surface area contributed by atoms with E-state index in [1.807, 2.05) is 19.1 Å². The fraction of sp³-hybridized carbons (Fsp3) is 0.500. The molecule has 8 nitrogen and oxygen atoms in total. The van der Waals surface area contributed by atoms with Crippen LogP contribution in [0.3, 0.4) is 0 Å². The summed E-state index contributed by atoms with van der Waals surface area (Å²) in [5, 5.41) is 0. The summed E-state index contributed by atoms with van der Waals surface area (Å²) in [6.45, 7) is 9.68. The lowest BCUT2D eigenvalue weighted by molar-refractivity contribution is -0.123. The third-order valence-electron chi connectivity index (χ3n) is 6.74. The summed E-state index contributed by atoms with van der Waals surface area (Å²) >= 11 is 6.76. The van der Waals surface area contributed by atoms with Crippen molar-refractivity contribution in [3.8, 4) is 0 Å². The topological polar surface area (TPSA) is 70.4 Å². The van der Waals surface area contributed by atoms with E-state index in [-0.39, 0.29) is 17.6 Å². The van der Waals surface area contributed by atoms with Crippen molar-refractivity contribution in [1.82, 2.24) is 19.2 Å². The first kappa shape index (κ1) is 23.5. The van der Waals surface area contributed by atoms with Crippen molar-refractivity contribution < 1.29 is 9.53 Å². The Bertz CT molecular complexity index is 1210. The van der Waals surface area contributed by atoms with Gasteiger partial charge in [-0.2, -0.15) is 0 Å². The number of carbonyl (C=O) groups is 1. The van der Waals surface area contributed by atoms with Gasteiger partial charge >= 0.3 is 0 Å². The molecule has 0 bridgehead atoms. The smallest absolute Gasteiger partial charge is 0.267 e. The van der Waals surface area contributed by atoms with Crippen LogP contribution in [0.4, 0.5) is 5.82 Å². The molecule has 0 N–H and O–H groups in total. The van der Waals surface area contributed by atoms with Crippen LogP contribution in [0.1, 0.15) is 30.9 Å². The number of aromatic nitrogens is 2. The SMILES string of the molecule is CCN1CCN(c2nc3c(C)cccn3c(=O)c2/C=C2/SC(=S)N(C[C@@H]3CCCO3)C2=O)CC1. The van der Waals surface area contributed by atoms with Gasteiger partial charge in [0.15, 0.2) is 0 Å². The summed E-state index contributed by atoms with van der Waals surface area (Å²) in [6, 6.07) is 3.80. The van der Waals surface area contributed by atoms with Gasteiger partial charge in [-0.1, -0.05) is 37.0 Å². The predicted octanol–water partition coefficient (Wildman–Crippen LogP) is 2.53. The number of aryl methyl sites for hydroxylation is 1. The number of hydrogen-bond acceptors (Lipinski definition) is 8. The molecule has 0 aromatic carbocycles. The maximum absolute atomic E-state index is 13.7. The molecule has 34 heavy (non-hydrogen) atoms. The maximum atomic E-state index is 13.7. The molecule has 2 aromatic heterocycles. The minimum absolute atomic E-state index is 0.0169. The lowest BCUT2D eigenvalue weighted by Gasteiger charge is -2.35. The van der Waals surface area contributed by atoms with E-state index < -0.39 is 0 Å². The number of ether oxygens (including phenoxy) is 1. The van der Waals surface area contributed by atoms with Crippen LogP contribution < -0.4 is 10.5 Å². The van der Waals surface area contributed by atoms with Gasteiger partial charge in [0.2, 0.25) is 0 Å². The van der Waals surface area contributed by atoms with Crippen molar-refractivity contribution in [2.75, 3.05) is 50.8 Å². The molecule has 1 atom stereocenters. The van der Waals surface area contributed by atoms with Crippen molar-refractivity contribution in [1.29, 1.82) is 0 Å². The zero-order valence-electron chi connectivity index (χ0n) is 19.5. The molecule has 3 saturated heterocycles. The van der Waals surface area contributed by atoms with Crippen LogP contribution in [0.5, 0.6) is 0 Å². The Morgan fingerprint density at radius 2 is 2.06 bits per heavy atom. The number of hydrogen-bond donors (Lipinski definition) is 0. The maximum Gasteiger partial charge on any atom is 0.267 e. The molecule has 10 heteroatoms. The Hall–Kier alpha value is -2.27. The van der Waals surface area contributed by atoms with E-state index in [4.69, 9.17) is 21.9 Å². The lowest BCUT2D eigenvalue weighted by Crippen LogP contribution is -2.47. The average Bonchev–Trinajstić information content (AvgIpc) is 3.45. The summed E-state index contributed by atoms with van der Waals surface area (Å²) in [4.78, 5) is 38.5. The zero-order chi connectivity index (χ0) is 23.8. The number of piperazine rings is 1. The van der Waals surface area contributed by atoms with E-state index in [2.05, 4.69) is 16.7 Å². The fourth-order valence-corrected chi connectivity index (χ4v) is 5.98. The Morgan fingerprint density at radius 3 is 2.76 bits per heavy atom. The van der Waals surface area contributed by atoms with Crippen LogP contribution >= 0.6 is 24.0 Å². The zero-order valence-corrected chi connectivity index (χ0v) is 21.2. The Balaban J connectivity index is 1.55.